The third kappa shape index (κ3) is 2.76. The van der Waals surface area contributed by atoms with Crippen molar-refractivity contribution in [1.29, 1.82) is 0 Å². The van der Waals surface area contributed by atoms with E-state index in [1.165, 1.54) is 4.90 Å². The highest BCUT2D eigenvalue weighted by Crippen LogP contribution is 2.19. The van der Waals surface area contributed by atoms with Gasteiger partial charge in [0.15, 0.2) is 0 Å². The molecule has 0 aliphatic carbocycles. The van der Waals surface area contributed by atoms with Crippen molar-refractivity contribution in [3.63, 3.8) is 0 Å². The summed E-state index contributed by atoms with van der Waals surface area (Å²) in [6.45, 7) is 0.742. The molecular weight excluding hydrogens is 286 g/mol. The van der Waals surface area contributed by atoms with Crippen LogP contribution in [0.5, 0.6) is 5.75 Å². The maximum atomic E-state index is 11.5. The lowest BCUT2D eigenvalue weighted by molar-refractivity contribution is -0.125. The molecule has 0 unspecified atom stereocenters. The first-order valence-electron chi connectivity index (χ1n) is 6.80. The molecule has 3 rings (SSSR count). The number of urea groups is 1. The van der Waals surface area contributed by atoms with E-state index < -0.39 is 0 Å². The van der Waals surface area contributed by atoms with Crippen LogP contribution in [0.4, 0.5) is 4.79 Å². The zero-order chi connectivity index (χ0) is 15.5. The Balaban J connectivity index is 1.65. The molecule has 1 N–H and O–H groups in total. The highest BCUT2D eigenvalue weighted by Gasteiger charge is 2.27. The Morgan fingerprint density at radius 2 is 2.00 bits per heavy atom. The third-order valence-corrected chi connectivity index (χ3v) is 3.41. The van der Waals surface area contributed by atoms with Crippen LogP contribution in [0.25, 0.3) is 11.3 Å². The van der Waals surface area contributed by atoms with Gasteiger partial charge in [0.1, 0.15) is 11.4 Å². The minimum absolute atomic E-state index is 0.0628. The monoisotopic (exact) mass is 301 g/mol. The number of imide groups is 1. The van der Waals surface area contributed by atoms with Crippen molar-refractivity contribution in [2.24, 2.45) is 0 Å². The Hall–Kier alpha value is -2.90. The van der Waals surface area contributed by atoms with E-state index >= 15 is 0 Å². The van der Waals surface area contributed by atoms with E-state index in [2.05, 4.69) is 15.6 Å². The Bertz CT molecular complexity index is 679. The van der Waals surface area contributed by atoms with E-state index in [9.17, 15) is 9.59 Å². The number of hydrogen-bond donors (Lipinski definition) is 1. The third-order valence-electron chi connectivity index (χ3n) is 3.41. The highest BCUT2D eigenvalue weighted by molar-refractivity contribution is 6.01. The van der Waals surface area contributed by atoms with Gasteiger partial charge in [0, 0.05) is 5.56 Å². The number of carbonyl (C=O) groups is 2. The van der Waals surface area contributed by atoms with Gasteiger partial charge in [0.05, 0.1) is 32.9 Å². The normalized spacial score (nSPS) is 14.3. The van der Waals surface area contributed by atoms with Gasteiger partial charge in [-0.2, -0.15) is 0 Å². The van der Waals surface area contributed by atoms with Gasteiger partial charge in [-0.3, -0.25) is 14.4 Å². The molecule has 8 nitrogen and oxygen atoms in total. The summed E-state index contributed by atoms with van der Waals surface area (Å²) in [5.74, 6) is 0.551. The second-order valence-corrected chi connectivity index (χ2v) is 4.80. The number of nitrogens with zero attached hydrogens (tertiary/aromatic N) is 4. The van der Waals surface area contributed by atoms with Crippen molar-refractivity contribution in [2.75, 3.05) is 20.2 Å². The minimum Gasteiger partial charge on any atom is -0.497 e. The molecule has 1 saturated heterocycles. The number of carbonyl (C=O) groups excluding carboxylic acids is 2. The van der Waals surface area contributed by atoms with Crippen molar-refractivity contribution >= 4 is 11.9 Å². The highest BCUT2D eigenvalue weighted by atomic mass is 16.5. The van der Waals surface area contributed by atoms with E-state index in [-0.39, 0.29) is 25.0 Å². The molecule has 2 aromatic rings. The standard InChI is InChI=1S/C14H15N5O3/c1-22-11-4-2-10(3-5-11)12-9-18(17-16-12)6-7-19-13(20)8-15-14(19)21/h2-5,9H,6-8H2,1H3,(H,15,21). The molecule has 8 heteroatoms. The summed E-state index contributed by atoms with van der Waals surface area (Å²) in [6.07, 6.45) is 1.78. The van der Waals surface area contributed by atoms with Crippen LogP contribution in [0.15, 0.2) is 30.5 Å². The van der Waals surface area contributed by atoms with Crippen molar-refractivity contribution < 1.29 is 14.3 Å². The predicted octanol–water partition coefficient (Wildman–Crippen LogP) is 0.505. The second-order valence-electron chi connectivity index (χ2n) is 4.80. The van der Waals surface area contributed by atoms with Gasteiger partial charge in [0.25, 0.3) is 0 Å². The summed E-state index contributed by atoms with van der Waals surface area (Å²) < 4.78 is 6.72. The fourth-order valence-corrected chi connectivity index (χ4v) is 2.19. The maximum Gasteiger partial charge on any atom is 0.324 e. The molecule has 0 radical (unpaired) electrons. The van der Waals surface area contributed by atoms with Crippen molar-refractivity contribution in [1.82, 2.24) is 25.2 Å². The zero-order valence-corrected chi connectivity index (χ0v) is 12.0. The number of aromatic nitrogens is 3. The predicted molar refractivity (Wildman–Crippen MR) is 77.1 cm³/mol. The molecule has 2 heterocycles. The van der Waals surface area contributed by atoms with Crippen molar-refractivity contribution in [2.45, 2.75) is 6.54 Å². The second kappa shape index (κ2) is 5.84. The largest absolute Gasteiger partial charge is 0.497 e. The first kappa shape index (κ1) is 14.1. The molecule has 114 valence electrons. The topological polar surface area (TPSA) is 89.4 Å². The number of rotatable bonds is 5. The molecule has 1 aromatic carbocycles. The Labute approximate surface area is 126 Å². The smallest absolute Gasteiger partial charge is 0.324 e. The minimum atomic E-state index is -0.361. The Morgan fingerprint density at radius 1 is 1.23 bits per heavy atom. The maximum absolute atomic E-state index is 11.5. The van der Waals surface area contributed by atoms with Gasteiger partial charge >= 0.3 is 6.03 Å². The molecule has 0 spiro atoms. The first-order chi connectivity index (χ1) is 10.7. The van der Waals surface area contributed by atoms with Gasteiger partial charge in [0.2, 0.25) is 5.91 Å². The molecule has 3 amide bonds. The molecule has 0 bridgehead atoms. The molecule has 1 aliphatic heterocycles. The lowest BCUT2D eigenvalue weighted by atomic mass is 10.2. The van der Waals surface area contributed by atoms with Gasteiger partial charge in [-0.05, 0) is 24.3 Å². The molecule has 0 saturated carbocycles. The van der Waals surface area contributed by atoms with E-state index in [4.69, 9.17) is 4.74 Å². The van der Waals surface area contributed by atoms with Crippen LogP contribution in [0.1, 0.15) is 0 Å². The van der Waals surface area contributed by atoms with E-state index in [0.717, 1.165) is 17.0 Å². The zero-order valence-electron chi connectivity index (χ0n) is 12.0. The lowest BCUT2D eigenvalue weighted by Gasteiger charge is -2.11. The molecule has 0 atom stereocenters. The van der Waals surface area contributed by atoms with Crippen molar-refractivity contribution in [3.05, 3.63) is 30.5 Å². The SMILES string of the molecule is COc1ccc(-c2cn(CCN3C(=O)CNC3=O)nn2)cc1. The molecule has 1 fully saturated rings. The van der Waals surface area contributed by atoms with E-state index in [1.54, 1.807) is 18.0 Å². The number of hydrogen-bond acceptors (Lipinski definition) is 5. The molecule has 22 heavy (non-hydrogen) atoms. The summed E-state index contributed by atoms with van der Waals surface area (Å²) >= 11 is 0. The van der Waals surface area contributed by atoms with Crippen LogP contribution in [0.2, 0.25) is 0 Å². The molecule has 1 aliphatic rings. The summed E-state index contributed by atoms with van der Waals surface area (Å²) in [7, 11) is 1.61. The summed E-state index contributed by atoms with van der Waals surface area (Å²) in [5.41, 5.74) is 1.64. The quantitative estimate of drug-likeness (QED) is 0.813. The number of amides is 3. The average Bonchev–Trinajstić information content (AvgIpc) is 3.13. The molecule has 1 aromatic heterocycles. The molecular formula is C14H15N5O3. The Morgan fingerprint density at radius 3 is 2.64 bits per heavy atom. The van der Waals surface area contributed by atoms with Gasteiger partial charge in [-0.15, -0.1) is 5.10 Å². The van der Waals surface area contributed by atoms with Crippen LogP contribution in [-0.2, 0) is 11.3 Å². The van der Waals surface area contributed by atoms with E-state index in [0.29, 0.717) is 6.54 Å². The van der Waals surface area contributed by atoms with E-state index in [1.807, 2.05) is 24.3 Å². The lowest BCUT2D eigenvalue weighted by Crippen LogP contribution is -2.33. The number of nitrogens with one attached hydrogen (secondary N) is 1. The first-order valence-corrected chi connectivity index (χ1v) is 6.80. The van der Waals surface area contributed by atoms with Crippen LogP contribution in [-0.4, -0.2) is 52.0 Å². The van der Waals surface area contributed by atoms with Crippen LogP contribution in [0, 0.1) is 0 Å². The van der Waals surface area contributed by atoms with Crippen LogP contribution in [0.3, 0.4) is 0 Å². The van der Waals surface area contributed by atoms with Crippen LogP contribution < -0.4 is 10.1 Å². The fourth-order valence-electron chi connectivity index (χ4n) is 2.19. The van der Waals surface area contributed by atoms with Gasteiger partial charge < -0.3 is 10.1 Å². The van der Waals surface area contributed by atoms with Gasteiger partial charge in [-0.25, -0.2) is 4.79 Å². The van der Waals surface area contributed by atoms with Crippen LogP contribution >= 0.6 is 0 Å². The average molecular weight is 301 g/mol. The number of benzene rings is 1. The summed E-state index contributed by atoms with van der Waals surface area (Å²) in [4.78, 5) is 24.1. The number of methoxy groups -OCH3 is 1. The summed E-state index contributed by atoms with van der Waals surface area (Å²) in [6, 6.07) is 7.12. The Kier molecular flexibility index (Phi) is 3.73. The van der Waals surface area contributed by atoms with Crippen molar-refractivity contribution in [3.8, 4) is 17.0 Å². The number of ether oxygens (including phenoxy) is 1. The summed E-state index contributed by atoms with van der Waals surface area (Å²) in [5, 5.41) is 10.6. The van der Waals surface area contributed by atoms with Gasteiger partial charge in [-0.1, -0.05) is 5.21 Å². The fraction of sp³-hybridized carbons (Fsp3) is 0.286.